The molecular weight excluding hydrogens is 438 g/mol. The van der Waals surface area contributed by atoms with Gasteiger partial charge in [-0.3, -0.25) is 0 Å². The van der Waals surface area contributed by atoms with Crippen LogP contribution >= 0.6 is 27.5 Å². The quantitative estimate of drug-likeness (QED) is 0.252. The van der Waals surface area contributed by atoms with Crippen molar-refractivity contribution in [3.63, 3.8) is 0 Å². The average molecular weight is 453 g/mol. The summed E-state index contributed by atoms with van der Waals surface area (Å²) in [7, 11) is 0. The van der Waals surface area contributed by atoms with Gasteiger partial charge in [-0.2, -0.15) is 0 Å². The summed E-state index contributed by atoms with van der Waals surface area (Å²) in [6.07, 6.45) is 0. The van der Waals surface area contributed by atoms with Crippen molar-refractivity contribution in [1.82, 2.24) is 4.98 Å². The molecule has 0 unspecified atom stereocenters. The summed E-state index contributed by atoms with van der Waals surface area (Å²) in [5.74, 6) is 0.0873. The maximum Gasteiger partial charge on any atom is 0.344 e. The van der Waals surface area contributed by atoms with Gasteiger partial charge in [0.05, 0.1) is 16.8 Å². The Morgan fingerprint density at radius 1 is 1.00 bits per heavy atom. The molecule has 1 aromatic heterocycles. The van der Waals surface area contributed by atoms with Crippen LogP contribution in [0.1, 0.15) is 15.9 Å². The van der Waals surface area contributed by atoms with Crippen molar-refractivity contribution >= 4 is 44.4 Å². The van der Waals surface area contributed by atoms with Crippen LogP contribution in [0.4, 0.5) is 0 Å². The van der Waals surface area contributed by atoms with E-state index in [9.17, 15) is 4.79 Å². The number of pyridine rings is 1. The van der Waals surface area contributed by atoms with Gasteiger partial charge in [0, 0.05) is 20.4 Å². The number of rotatable bonds is 3. The number of aryl methyl sites for hydroxylation is 1. The van der Waals surface area contributed by atoms with E-state index < -0.39 is 5.97 Å². The van der Waals surface area contributed by atoms with Gasteiger partial charge in [0.25, 0.3) is 0 Å². The minimum absolute atomic E-state index is 0.425. The Morgan fingerprint density at radius 3 is 2.54 bits per heavy atom. The summed E-state index contributed by atoms with van der Waals surface area (Å²) in [5.41, 5.74) is 3.75. The van der Waals surface area contributed by atoms with Crippen LogP contribution in [0.3, 0.4) is 0 Å². The van der Waals surface area contributed by atoms with Crippen LogP contribution in [-0.2, 0) is 0 Å². The Labute approximate surface area is 176 Å². The van der Waals surface area contributed by atoms with E-state index in [0.29, 0.717) is 27.5 Å². The average Bonchev–Trinajstić information content (AvgIpc) is 2.68. The van der Waals surface area contributed by atoms with Gasteiger partial charge in [0.15, 0.2) is 0 Å². The highest BCUT2D eigenvalue weighted by molar-refractivity contribution is 9.10. The smallest absolute Gasteiger partial charge is 0.344 e. The predicted molar refractivity (Wildman–Crippen MR) is 116 cm³/mol. The number of carbonyl (C=O) groups excluding carboxylic acids is 1. The highest BCUT2D eigenvalue weighted by Crippen LogP contribution is 2.29. The van der Waals surface area contributed by atoms with Crippen molar-refractivity contribution in [1.29, 1.82) is 0 Å². The largest absolute Gasteiger partial charge is 0.423 e. The lowest BCUT2D eigenvalue weighted by molar-refractivity contribution is 0.0737. The molecule has 0 N–H and O–H groups in total. The maximum absolute atomic E-state index is 13.0. The summed E-state index contributed by atoms with van der Waals surface area (Å²) in [4.78, 5) is 17.7. The third kappa shape index (κ3) is 3.93. The zero-order chi connectivity index (χ0) is 19.7. The number of benzene rings is 3. The molecule has 3 nitrogen and oxygen atoms in total. The maximum atomic E-state index is 13.0. The Kier molecular flexibility index (Phi) is 5.16. The van der Waals surface area contributed by atoms with Gasteiger partial charge < -0.3 is 4.74 Å². The second kappa shape index (κ2) is 7.74. The minimum Gasteiger partial charge on any atom is -0.423 e. The fourth-order valence-corrected chi connectivity index (χ4v) is 3.46. The molecule has 0 saturated carbocycles. The number of hydrogen-bond donors (Lipinski definition) is 0. The van der Waals surface area contributed by atoms with E-state index in [-0.39, 0.29) is 0 Å². The molecule has 4 rings (SSSR count). The number of carbonyl (C=O) groups is 1. The predicted octanol–water partition coefficient (Wildman–Crippen LogP) is 6.85. The van der Waals surface area contributed by atoms with Gasteiger partial charge in [0.1, 0.15) is 5.75 Å². The molecule has 0 amide bonds. The first kappa shape index (κ1) is 18.7. The molecule has 3 aromatic carbocycles. The number of fused-ring (bicyclic) bond motifs is 1. The molecule has 138 valence electrons. The Morgan fingerprint density at radius 2 is 1.79 bits per heavy atom. The van der Waals surface area contributed by atoms with Crippen LogP contribution in [0.2, 0.25) is 5.02 Å². The standard InChI is InChI=1S/C23H15BrClNO2/c1-14-3-2-4-18(11-14)28-23(27)20-13-22(15-5-8-17(25)9-6-15)26-21-10-7-16(24)12-19(20)21/h2-13H,1H3. The number of esters is 1. The first-order chi connectivity index (χ1) is 13.5. The Balaban J connectivity index is 1.83. The van der Waals surface area contributed by atoms with E-state index in [1.54, 1.807) is 24.3 Å². The van der Waals surface area contributed by atoms with Gasteiger partial charge in [-0.15, -0.1) is 0 Å². The van der Waals surface area contributed by atoms with E-state index in [2.05, 4.69) is 15.9 Å². The second-order valence-corrected chi connectivity index (χ2v) is 7.78. The summed E-state index contributed by atoms with van der Waals surface area (Å²) in [6.45, 7) is 1.95. The first-order valence-corrected chi connectivity index (χ1v) is 9.82. The molecule has 28 heavy (non-hydrogen) atoms. The number of halogens is 2. The lowest BCUT2D eigenvalue weighted by Gasteiger charge is -2.11. The highest BCUT2D eigenvalue weighted by Gasteiger charge is 2.17. The topological polar surface area (TPSA) is 39.2 Å². The van der Waals surface area contributed by atoms with Crippen molar-refractivity contribution in [3.8, 4) is 17.0 Å². The molecule has 0 aliphatic rings. The van der Waals surface area contributed by atoms with Crippen LogP contribution in [0.25, 0.3) is 22.2 Å². The molecule has 0 aliphatic heterocycles. The molecule has 1 heterocycles. The van der Waals surface area contributed by atoms with Crippen molar-refractivity contribution in [2.45, 2.75) is 6.92 Å². The summed E-state index contributed by atoms with van der Waals surface area (Å²) >= 11 is 9.47. The number of aromatic nitrogens is 1. The lowest BCUT2D eigenvalue weighted by atomic mass is 10.0. The van der Waals surface area contributed by atoms with Crippen LogP contribution in [-0.4, -0.2) is 11.0 Å². The van der Waals surface area contributed by atoms with Gasteiger partial charge in [-0.25, -0.2) is 9.78 Å². The molecule has 0 aliphatic carbocycles. The zero-order valence-corrected chi connectivity index (χ0v) is 17.3. The fourth-order valence-electron chi connectivity index (χ4n) is 2.98. The SMILES string of the molecule is Cc1cccc(OC(=O)c2cc(-c3ccc(Cl)cc3)nc3ccc(Br)cc23)c1. The van der Waals surface area contributed by atoms with Crippen molar-refractivity contribution < 1.29 is 9.53 Å². The van der Waals surface area contributed by atoms with Gasteiger partial charge in [-0.05, 0) is 61.0 Å². The van der Waals surface area contributed by atoms with Crippen molar-refractivity contribution in [2.24, 2.45) is 0 Å². The molecule has 0 spiro atoms. The lowest BCUT2D eigenvalue weighted by Crippen LogP contribution is -2.10. The van der Waals surface area contributed by atoms with E-state index in [0.717, 1.165) is 21.0 Å². The Bertz CT molecular complexity index is 1190. The summed E-state index contributed by atoms with van der Waals surface area (Å²) in [5, 5.41) is 1.37. The summed E-state index contributed by atoms with van der Waals surface area (Å²) < 4.78 is 6.50. The van der Waals surface area contributed by atoms with Crippen molar-refractivity contribution in [2.75, 3.05) is 0 Å². The highest BCUT2D eigenvalue weighted by atomic mass is 79.9. The Hall–Kier alpha value is -2.69. The van der Waals surface area contributed by atoms with Gasteiger partial charge in [-0.1, -0.05) is 51.8 Å². The normalized spacial score (nSPS) is 10.8. The van der Waals surface area contributed by atoms with E-state index in [1.165, 1.54) is 0 Å². The fraction of sp³-hybridized carbons (Fsp3) is 0.0435. The second-order valence-electron chi connectivity index (χ2n) is 6.43. The van der Waals surface area contributed by atoms with Crippen LogP contribution in [0.5, 0.6) is 5.75 Å². The zero-order valence-electron chi connectivity index (χ0n) is 14.9. The van der Waals surface area contributed by atoms with Gasteiger partial charge in [0.2, 0.25) is 0 Å². The molecule has 5 heteroatoms. The number of hydrogen-bond acceptors (Lipinski definition) is 3. The van der Waals surface area contributed by atoms with Crippen LogP contribution in [0, 0.1) is 6.92 Å². The van der Waals surface area contributed by atoms with Crippen LogP contribution in [0.15, 0.2) is 77.3 Å². The third-order valence-corrected chi connectivity index (χ3v) is 5.08. The number of nitrogens with zero attached hydrogens (tertiary/aromatic N) is 1. The minimum atomic E-state index is -0.425. The molecule has 0 fully saturated rings. The van der Waals surface area contributed by atoms with E-state index in [4.69, 9.17) is 21.3 Å². The first-order valence-electron chi connectivity index (χ1n) is 8.65. The summed E-state index contributed by atoms with van der Waals surface area (Å²) in [6, 6.07) is 22.2. The molecular formula is C23H15BrClNO2. The van der Waals surface area contributed by atoms with Crippen LogP contribution < -0.4 is 4.74 Å². The third-order valence-electron chi connectivity index (χ3n) is 4.33. The van der Waals surface area contributed by atoms with E-state index in [1.807, 2.05) is 55.5 Å². The molecule has 0 saturated heterocycles. The molecule has 0 atom stereocenters. The molecule has 4 aromatic rings. The molecule has 0 bridgehead atoms. The van der Waals surface area contributed by atoms with Gasteiger partial charge >= 0.3 is 5.97 Å². The number of ether oxygens (including phenoxy) is 1. The molecule has 0 radical (unpaired) electrons. The van der Waals surface area contributed by atoms with E-state index >= 15 is 0 Å². The monoisotopic (exact) mass is 451 g/mol. The van der Waals surface area contributed by atoms with Crippen molar-refractivity contribution in [3.05, 3.63) is 93.4 Å².